The first kappa shape index (κ1) is 16.2. The van der Waals surface area contributed by atoms with Gasteiger partial charge in [-0.3, -0.25) is 0 Å². The smallest absolute Gasteiger partial charge is 0.133 e. The number of aromatic nitrogens is 2. The van der Waals surface area contributed by atoms with E-state index < -0.39 is 5.41 Å². The molecule has 0 atom stereocenters. The molecule has 0 amide bonds. The Hall–Kier alpha value is -2.21. The molecule has 0 bridgehead atoms. The van der Waals surface area contributed by atoms with E-state index in [9.17, 15) is 4.39 Å². The van der Waals surface area contributed by atoms with Crippen molar-refractivity contribution in [1.82, 2.24) is 9.97 Å². The summed E-state index contributed by atoms with van der Waals surface area (Å²) in [4.78, 5) is 9.02. The molecule has 2 aromatic rings. The number of hydrogen-bond donors (Lipinski definition) is 0. The van der Waals surface area contributed by atoms with Crippen LogP contribution in [0.1, 0.15) is 51.7 Å². The highest BCUT2D eigenvalue weighted by Gasteiger charge is 2.23. The van der Waals surface area contributed by atoms with Crippen LogP contribution in [-0.2, 0) is 10.8 Å². The third-order valence-corrected chi connectivity index (χ3v) is 3.33. The van der Waals surface area contributed by atoms with Gasteiger partial charge in [0.25, 0.3) is 0 Å². The first-order valence-corrected chi connectivity index (χ1v) is 7.31. The van der Waals surface area contributed by atoms with Gasteiger partial charge >= 0.3 is 0 Å². The van der Waals surface area contributed by atoms with Crippen molar-refractivity contribution >= 4 is 0 Å². The highest BCUT2D eigenvalue weighted by atomic mass is 19.1. The molecule has 114 valence electrons. The molecule has 0 aliphatic heterocycles. The van der Waals surface area contributed by atoms with Gasteiger partial charge in [0.2, 0.25) is 0 Å². The molecule has 1 aromatic carbocycles. The highest BCUT2D eigenvalue weighted by molar-refractivity contribution is 5.39. The predicted octanol–water partition coefficient (Wildman–Crippen LogP) is 4.24. The summed E-state index contributed by atoms with van der Waals surface area (Å²) in [5.74, 6) is 6.87. The monoisotopic (exact) mass is 296 g/mol. The van der Waals surface area contributed by atoms with E-state index in [4.69, 9.17) is 0 Å². The van der Waals surface area contributed by atoms with Gasteiger partial charge in [-0.2, -0.15) is 0 Å². The first-order chi connectivity index (χ1) is 10.2. The van der Waals surface area contributed by atoms with E-state index in [1.165, 1.54) is 12.1 Å². The molecule has 0 N–H and O–H groups in total. The second-order valence-corrected chi connectivity index (χ2v) is 6.90. The Morgan fingerprint density at radius 3 is 2.18 bits per heavy atom. The van der Waals surface area contributed by atoms with Crippen LogP contribution in [0.4, 0.5) is 4.39 Å². The molecule has 3 heteroatoms. The standard InChI is InChI=1S/C19H21FN2/c1-18(2,3)17-21-13-11-16(22-17)19(4,5)12-10-14-6-8-15(20)9-7-14/h6-9,11,13H,1-5H3. The number of benzene rings is 1. The predicted molar refractivity (Wildman–Crippen MR) is 87.0 cm³/mol. The molecule has 0 saturated heterocycles. The molecule has 0 saturated carbocycles. The van der Waals surface area contributed by atoms with Crippen LogP contribution in [0, 0.1) is 17.7 Å². The fraction of sp³-hybridized carbons (Fsp3) is 0.368. The van der Waals surface area contributed by atoms with Crippen LogP contribution < -0.4 is 0 Å². The first-order valence-electron chi connectivity index (χ1n) is 7.31. The third kappa shape index (κ3) is 3.92. The molecule has 0 unspecified atom stereocenters. The van der Waals surface area contributed by atoms with Crippen LogP contribution in [0.25, 0.3) is 0 Å². The van der Waals surface area contributed by atoms with E-state index in [2.05, 4.69) is 42.6 Å². The fourth-order valence-corrected chi connectivity index (χ4v) is 1.89. The number of halogens is 1. The molecule has 1 heterocycles. The van der Waals surface area contributed by atoms with Gasteiger partial charge in [0.05, 0.1) is 11.1 Å². The Bertz CT molecular complexity index is 714. The highest BCUT2D eigenvalue weighted by Crippen LogP contribution is 2.24. The molecule has 2 nitrogen and oxygen atoms in total. The van der Waals surface area contributed by atoms with Crippen LogP contribution in [0.3, 0.4) is 0 Å². The quantitative estimate of drug-likeness (QED) is 0.735. The molecule has 0 spiro atoms. The van der Waals surface area contributed by atoms with Crippen molar-refractivity contribution in [2.75, 3.05) is 0 Å². The largest absolute Gasteiger partial charge is 0.241 e. The summed E-state index contributed by atoms with van der Waals surface area (Å²) in [5, 5.41) is 0. The maximum atomic E-state index is 12.9. The van der Waals surface area contributed by atoms with Gasteiger partial charge in [-0.25, -0.2) is 14.4 Å². The summed E-state index contributed by atoms with van der Waals surface area (Å²) in [6.45, 7) is 10.3. The number of hydrogen-bond acceptors (Lipinski definition) is 2. The SMILES string of the molecule is CC(C)(C)c1nccc(C(C)(C)C#Cc2ccc(F)cc2)n1. The molecule has 0 fully saturated rings. The normalized spacial score (nSPS) is 11.7. The molecule has 22 heavy (non-hydrogen) atoms. The van der Waals surface area contributed by atoms with E-state index >= 15 is 0 Å². The third-order valence-electron chi connectivity index (χ3n) is 3.33. The van der Waals surface area contributed by atoms with Crippen LogP contribution in [0.15, 0.2) is 36.5 Å². The molecule has 0 radical (unpaired) electrons. The second kappa shape index (κ2) is 5.88. The second-order valence-electron chi connectivity index (χ2n) is 6.90. The Morgan fingerprint density at radius 1 is 0.955 bits per heavy atom. The molecule has 0 aliphatic rings. The van der Waals surface area contributed by atoms with Crippen molar-refractivity contribution in [3.05, 3.63) is 59.4 Å². The summed E-state index contributed by atoms with van der Waals surface area (Å²) in [6.07, 6.45) is 1.78. The molecular weight excluding hydrogens is 275 g/mol. The van der Waals surface area contributed by atoms with Crippen molar-refractivity contribution in [2.45, 2.75) is 45.4 Å². The van der Waals surface area contributed by atoms with Crippen LogP contribution in [0.2, 0.25) is 0 Å². The Morgan fingerprint density at radius 2 is 1.59 bits per heavy atom. The van der Waals surface area contributed by atoms with Crippen molar-refractivity contribution in [3.63, 3.8) is 0 Å². The van der Waals surface area contributed by atoms with Gasteiger partial charge in [0.15, 0.2) is 0 Å². The zero-order valence-corrected chi connectivity index (χ0v) is 13.7. The van der Waals surface area contributed by atoms with Crippen molar-refractivity contribution in [2.24, 2.45) is 0 Å². The van der Waals surface area contributed by atoms with Gasteiger partial charge < -0.3 is 0 Å². The lowest BCUT2D eigenvalue weighted by Crippen LogP contribution is -2.22. The van der Waals surface area contributed by atoms with E-state index in [1.54, 1.807) is 18.3 Å². The van der Waals surface area contributed by atoms with Crippen LogP contribution >= 0.6 is 0 Å². The van der Waals surface area contributed by atoms with Crippen LogP contribution in [-0.4, -0.2) is 9.97 Å². The van der Waals surface area contributed by atoms with Gasteiger partial charge in [-0.05, 0) is 44.2 Å². The Kier molecular flexibility index (Phi) is 4.32. The number of nitrogens with zero attached hydrogens (tertiary/aromatic N) is 2. The van der Waals surface area contributed by atoms with Crippen molar-refractivity contribution < 1.29 is 4.39 Å². The van der Waals surface area contributed by atoms with E-state index in [1.807, 2.05) is 19.9 Å². The van der Waals surface area contributed by atoms with Gasteiger partial charge in [-0.15, -0.1) is 0 Å². The minimum Gasteiger partial charge on any atom is -0.241 e. The average Bonchev–Trinajstić information content (AvgIpc) is 2.46. The molecule has 1 aromatic heterocycles. The van der Waals surface area contributed by atoms with Crippen LogP contribution in [0.5, 0.6) is 0 Å². The maximum absolute atomic E-state index is 12.9. The Labute approximate surface area is 131 Å². The topological polar surface area (TPSA) is 25.8 Å². The lowest BCUT2D eigenvalue weighted by molar-refractivity contribution is 0.531. The average molecular weight is 296 g/mol. The van der Waals surface area contributed by atoms with E-state index in [-0.39, 0.29) is 11.2 Å². The van der Waals surface area contributed by atoms with Crippen molar-refractivity contribution in [3.8, 4) is 11.8 Å². The maximum Gasteiger partial charge on any atom is 0.133 e. The summed E-state index contributed by atoms with van der Waals surface area (Å²) in [7, 11) is 0. The summed E-state index contributed by atoms with van der Waals surface area (Å²) >= 11 is 0. The number of rotatable bonds is 1. The summed E-state index contributed by atoms with van der Waals surface area (Å²) in [6, 6.07) is 8.09. The van der Waals surface area contributed by atoms with E-state index in [0.29, 0.717) is 0 Å². The summed E-state index contributed by atoms with van der Waals surface area (Å²) in [5.41, 5.74) is 1.18. The minimum atomic E-state index is -0.405. The zero-order chi connectivity index (χ0) is 16.4. The zero-order valence-electron chi connectivity index (χ0n) is 13.7. The van der Waals surface area contributed by atoms with Gasteiger partial charge in [0.1, 0.15) is 11.6 Å². The Balaban J connectivity index is 2.33. The fourth-order valence-electron chi connectivity index (χ4n) is 1.89. The van der Waals surface area contributed by atoms with E-state index in [0.717, 1.165) is 17.1 Å². The van der Waals surface area contributed by atoms with Gasteiger partial charge in [-0.1, -0.05) is 32.6 Å². The lowest BCUT2D eigenvalue weighted by Gasteiger charge is -2.21. The lowest BCUT2D eigenvalue weighted by atomic mass is 9.88. The minimum absolute atomic E-state index is 0.101. The molecule has 2 rings (SSSR count). The van der Waals surface area contributed by atoms with Crippen molar-refractivity contribution in [1.29, 1.82) is 0 Å². The molecule has 0 aliphatic carbocycles. The van der Waals surface area contributed by atoms with Gasteiger partial charge in [0, 0.05) is 17.2 Å². The summed E-state index contributed by atoms with van der Waals surface area (Å²) < 4.78 is 12.9. The molecular formula is C19H21FN2.